The summed E-state index contributed by atoms with van der Waals surface area (Å²) in [6, 6.07) is 0. The molecule has 1 amide bonds. The second kappa shape index (κ2) is 5.51. The van der Waals surface area contributed by atoms with Gasteiger partial charge in [0.25, 0.3) is 0 Å². The lowest BCUT2D eigenvalue weighted by Crippen LogP contribution is -2.43. The number of nitrogens with one attached hydrogen (secondary N) is 1. The minimum absolute atomic E-state index is 0.142. The van der Waals surface area contributed by atoms with Crippen LogP contribution in [-0.4, -0.2) is 37.0 Å². The number of fused-ring (bicyclic) bond motifs is 3. The van der Waals surface area contributed by atoms with Gasteiger partial charge in [0, 0.05) is 19.2 Å². The van der Waals surface area contributed by atoms with Crippen molar-refractivity contribution in [3.63, 3.8) is 0 Å². The molecule has 0 aromatic carbocycles. The van der Waals surface area contributed by atoms with Gasteiger partial charge >= 0.3 is 0 Å². The molecule has 3 nitrogen and oxygen atoms in total. The Balaban J connectivity index is 1.50. The van der Waals surface area contributed by atoms with E-state index in [-0.39, 0.29) is 5.91 Å². The summed E-state index contributed by atoms with van der Waals surface area (Å²) in [5, 5.41) is 3.16. The van der Waals surface area contributed by atoms with Gasteiger partial charge < -0.3 is 5.32 Å². The minimum Gasteiger partial charge on any atom is -0.352 e. The highest BCUT2D eigenvalue weighted by molar-refractivity contribution is 5.88. The molecule has 3 heterocycles. The highest BCUT2D eigenvalue weighted by atomic mass is 16.1. The van der Waals surface area contributed by atoms with Crippen LogP contribution < -0.4 is 5.32 Å². The van der Waals surface area contributed by atoms with Crippen LogP contribution >= 0.6 is 0 Å². The Morgan fingerprint density at radius 3 is 2.60 bits per heavy atom. The Hall–Kier alpha value is -0.830. The van der Waals surface area contributed by atoms with Gasteiger partial charge in [0.2, 0.25) is 5.91 Å². The van der Waals surface area contributed by atoms with Crippen molar-refractivity contribution >= 4 is 5.91 Å². The number of rotatable bonds is 5. The highest BCUT2D eigenvalue weighted by Crippen LogP contribution is 2.50. The summed E-state index contributed by atoms with van der Waals surface area (Å²) < 4.78 is 0. The van der Waals surface area contributed by atoms with E-state index in [4.69, 9.17) is 0 Å². The van der Waals surface area contributed by atoms with Gasteiger partial charge in [-0.15, -0.1) is 0 Å². The number of carbonyl (C=O) groups excluding carboxylic acids is 1. The van der Waals surface area contributed by atoms with E-state index >= 15 is 0 Å². The summed E-state index contributed by atoms with van der Waals surface area (Å²) in [7, 11) is 0. The van der Waals surface area contributed by atoms with Gasteiger partial charge in [-0.05, 0) is 68.0 Å². The predicted octanol–water partition coefficient (Wildman–Crippen LogP) is 2.58. The van der Waals surface area contributed by atoms with Crippen LogP contribution in [0.3, 0.4) is 0 Å². The quantitative estimate of drug-likeness (QED) is 0.783. The Labute approximate surface area is 122 Å². The Morgan fingerprint density at radius 2 is 2.10 bits per heavy atom. The SMILES string of the molecule is CC(C)CC1(CNC(=O)/C=C2/CN3CCC2CC3)CC1. The van der Waals surface area contributed by atoms with Gasteiger partial charge in [-0.2, -0.15) is 0 Å². The summed E-state index contributed by atoms with van der Waals surface area (Å²) in [6.07, 6.45) is 8.23. The maximum atomic E-state index is 12.1. The van der Waals surface area contributed by atoms with Crippen LogP contribution in [0.5, 0.6) is 0 Å². The molecule has 4 fully saturated rings. The molecule has 0 aromatic heterocycles. The summed E-state index contributed by atoms with van der Waals surface area (Å²) in [5.74, 6) is 1.55. The monoisotopic (exact) mass is 276 g/mol. The molecule has 1 saturated carbocycles. The number of carbonyl (C=O) groups is 1. The maximum absolute atomic E-state index is 12.1. The lowest BCUT2D eigenvalue weighted by Gasteiger charge is -2.40. The third kappa shape index (κ3) is 3.25. The van der Waals surface area contributed by atoms with Gasteiger partial charge in [-0.3, -0.25) is 9.69 Å². The average Bonchev–Trinajstić information content (AvgIpc) is 3.17. The first-order chi connectivity index (χ1) is 9.56. The Bertz CT molecular complexity index is 401. The molecule has 0 aromatic rings. The molecule has 4 rings (SSSR count). The zero-order chi connectivity index (χ0) is 14.2. The van der Waals surface area contributed by atoms with E-state index in [9.17, 15) is 4.79 Å². The van der Waals surface area contributed by atoms with Gasteiger partial charge in [-0.1, -0.05) is 13.8 Å². The smallest absolute Gasteiger partial charge is 0.244 e. The highest BCUT2D eigenvalue weighted by Gasteiger charge is 2.42. The average molecular weight is 276 g/mol. The number of hydrogen-bond donors (Lipinski definition) is 1. The minimum atomic E-state index is 0.142. The van der Waals surface area contributed by atoms with Gasteiger partial charge in [-0.25, -0.2) is 0 Å². The van der Waals surface area contributed by atoms with Gasteiger partial charge in [0.15, 0.2) is 0 Å². The number of nitrogens with zero attached hydrogens (tertiary/aromatic N) is 1. The topological polar surface area (TPSA) is 32.3 Å². The molecule has 20 heavy (non-hydrogen) atoms. The number of hydrogen-bond acceptors (Lipinski definition) is 2. The van der Waals surface area contributed by atoms with Gasteiger partial charge in [0.05, 0.1) is 0 Å². The fourth-order valence-electron chi connectivity index (χ4n) is 4.00. The van der Waals surface area contributed by atoms with Crippen LogP contribution in [0.2, 0.25) is 0 Å². The second-order valence-corrected chi connectivity index (χ2v) is 7.59. The van der Waals surface area contributed by atoms with Gasteiger partial charge in [0.1, 0.15) is 0 Å². The largest absolute Gasteiger partial charge is 0.352 e. The molecular weight excluding hydrogens is 248 g/mol. The summed E-state index contributed by atoms with van der Waals surface area (Å²) in [5.41, 5.74) is 1.80. The van der Waals surface area contributed by atoms with Crippen LogP contribution in [0.4, 0.5) is 0 Å². The van der Waals surface area contributed by atoms with E-state index in [2.05, 4.69) is 24.1 Å². The van der Waals surface area contributed by atoms with E-state index in [1.54, 1.807) is 0 Å². The van der Waals surface area contributed by atoms with Crippen LogP contribution in [0.25, 0.3) is 0 Å². The van der Waals surface area contributed by atoms with E-state index in [0.29, 0.717) is 11.3 Å². The molecule has 0 radical (unpaired) electrons. The van der Waals surface area contributed by atoms with Crippen LogP contribution in [0.15, 0.2) is 11.6 Å². The molecular formula is C17H28N2O. The second-order valence-electron chi connectivity index (χ2n) is 7.59. The summed E-state index contributed by atoms with van der Waals surface area (Å²) >= 11 is 0. The van der Waals surface area contributed by atoms with Crippen LogP contribution in [-0.2, 0) is 4.79 Å². The third-order valence-corrected chi connectivity index (χ3v) is 5.27. The maximum Gasteiger partial charge on any atom is 0.244 e. The first-order valence-electron chi connectivity index (χ1n) is 8.27. The van der Waals surface area contributed by atoms with Crippen LogP contribution in [0, 0.1) is 17.3 Å². The zero-order valence-electron chi connectivity index (χ0n) is 13.0. The van der Waals surface area contributed by atoms with Crippen molar-refractivity contribution < 1.29 is 4.79 Å². The molecule has 112 valence electrons. The molecule has 0 spiro atoms. The molecule has 0 atom stereocenters. The van der Waals surface area contributed by atoms with Crippen molar-refractivity contribution in [3.05, 3.63) is 11.6 Å². The predicted molar refractivity (Wildman–Crippen MR) is 81.4 cm³/mol. The fourth-order valence-corrected chi connectivity index (χ4v) is 4.00. The van der Waals surface area contributed by atoms with E-state index in [1.807, 2.05) is 6.08 Å². The Kier molecular flexibility index (Phi) is 3.89. The Morgan fingerprint density at radius 1 is 1.40 bits per heavy atom. The molecule has 1 N–H and O–H groups in total. The molecule has 0 unspecified atom stereocenters. The third-order valence-electron chi connectivity index (χ3n) is 5.27. The first kappa shape index (κ1) is 14.1. The van der Waals surface area contributed by atoms with Crippen LogP contribution in [0.1, 0.15) is 46.0 Å². The van der Waals surface area contributed by atoms with Crippen molar-refractivity contribution in [1.29, 1.82) is 0 Å². The number of amides is 1. The van der Waals surface area contributed by atoms with E-state index in [0.717, 1.165) is 19.0 Å². The summed E-state index contributed by atoms with van der Waals surface area (Å²) in [4.78, 5) is 14.6. The molecule has 4 aliphatic rings. The first-order valence-corrected chi connectivity index (χ1v) is 8.27. The molecule has 3 aliphatic heterocycles. The van der Waals surface area contributed by atoms with Crippen molar-refractivity contribution in [2.24, 2.45) is 17.3 Å². The number of piperidine rings is 3. The van der Waals surface area contributed by atoms with Crippen molar-refractivity contribution in [2.75, 3.05) is 26.2 Å². The molecule has 2 bridgehead atoms. The summed E-state index contributed by atoms with van der Waals surface area (Å²) in [6.45, 7) is 8.90. The molecule has 3 saturated heterocycles. The zero-order valence-corrected chi connectivity index (χ0v) is 13.0. The van der Waals surface area contributed by atoms with Crippen molar-refractivity contribution in [2.45, 2.75) is 46.0 Å². The van der Waals surface area contributed by atoms with Crippen molar-refractivity contribution in [3.8, 4) is 0 Å². The van der Waals surface area contributed by atoms with Crippen molar-refractivity contribution in [1.82, 2.24) is 10.2 Å². The standard InChI is InChI=1S/C17H28N2O/c1-13(2)10-17(5-6-17)12-18-16(20)9-15-11-19-7-3-14(15)4-8-19/h9,13-14H,3-8,10-12H2,1-2H3,(H,18,20)/b15-9-. The van der Waals surface area contributed by atoms with E-state index in [1.165, 1.54) is 50.8 Å². The molecule has 3 heteroatoms. The fraction of sp³-hybridized carbons (Fsp3) is 0.824. The lowest BCUT2D eigenvalue weighted by atomic mass is 9.83. The van der Waals surface area contributed by atoms with E-state index < -0.39 is 0 Å². The lowest BCUT2D eigenvalue weighted by molar-refractivity contribution is -0.116. The normalized spacial score (nSPS) is 32.6. The molecule has 1 aliphatic carbocycles.